The average molecular weight is 148 g/mol. The first kappa shape index (κ1) is 9.14. The van der Waals surface area contributed by atoms with Gasteiger partial charge in [-0.15, -0.1) is 0 Å². The highest BCUT2D eigenvalue weighted by atomic mass is 28.4. The maximum absolute atomic E-state index is 5.11. The van der Waals surface area contributed by atoms with E-state index in [1.54, 1.807) is 0 Å². The summed E-state index contributed by atoms with van der Waals surface area (Å²) in [6.07, 6.45) is 1.02. The lowest BCUT2D eigenvalue weighted by Crippen LogP contribution is -2.25. The van der Waals surface area contributed by atoms with Gasteiger partial charge in [0.15, 0.2) is 0 Å². The van der Waals surface area contributed by atoms with Crippen molar-refractivity contribution in [3.63, 3.8) is 0 Å². The van der Waals surface area contributed by atoms with E-state index < -0.39 is 8.32 Å². The van der Waals surface area contributed by atoms with Gasteiger partial charge in [0.25, 0.3) is 0 Å². The third-order valence-corrected chi connectivity index (χ3v) is 1.21. The summed E-state index contributed by atoms with van der Waals surface area (Å²) in [4.78, 5) is 4.91. The van der Waals surface area contributed by atoms with Gasteiger partial charge in [-0.25, -0.2) is 4.89 Å². The SMILES string of the molecule is CCCOO[Si](C)(C)C. The Morgan fingerprint density at radius 3 is 2.11 bits per heavy atom. The van der Waals surface area contributed by atoms with Crippen LogP contribution < -0.4 is 0 Å². The monoisotopic (exact) mass is 148 g/mol. The van der Waals surface area contributed by atoms with Crippen LogP contribution in [0.5, 0.6) is 0 Å². The van der Waals surface area contributed by atoms with Gasteiger partial charge in [-0.05, 0) is 26.1 Å². The number of hydrogen-bond acceptors (Lipinski definition) is 2. The van der Waals surface area contributed by atoms with Crippen molar-refractivity contribution < 1.29 is 9.46 Å². The molecule has 0 aliphatic rings. The van der Waals surface area contributed by atoms with Crippen molar-refractivity contribution in [3.05, 3.63) is 0 Å². The Bertz CT molecular complexity index is 67.9. The Labute approximate surface area is 58.2 Å². The molecule has 0 unspecified atom stereocenters. The van der Waals surface area contributed by atoms with Gasteiger partial charge in [0, 0.05) is 0 Å². The van der Waals surface area contributed by atoms with Gasteiger partial charge >= 0.3 is 0 Å². The first-order valence-electron chi connectivity index (χ1n) is 3.37. The lowest BCUT2D eigenvalue weighted by Gasteiger charge is -2.14. The molecule has 0 rings (SSSR count). The normalized spacial score (nSPS) is 12.0. The van der Waals surface area contributed by atoms with Crippen LogP contribution in [0.15, 0.2) is 0 Å². The summed E-state index contributed by atoms with van der Waals surface area (Å²) in [6, 6.07) is 0. The highest BCUT2D eigenvalue weighted by Gasteiger charge is 2.15. The first-order chi connectivity index (χ1) is 4.06. The Kier molecular flexibility index (Phi) is 4.09. The zero-order chi connectivity index (χ0) is 7.33. The molecule has 2 nitrogen and oxygen atoms in total. The van der Waals surface area contributed by atoms with Crippen LogP contribution in [-0.2, 0) is 9.46 Å². The van der Waals surface area contributed by atoms with E-state index >= 15 is 0 Å². The van der Waals surface area contributed by atoms with Gasteiger partial charge in [-0.2, -0.15) is 0 Å². The maximum atomic E-state index is 5.11. The largest absolute Gasteiger partial charge is 0.287 e. The molecule has 0 radical (unpaired) electrons. The predicted octanol–water partition coefficient (Wildman–Crippen LogP) is 2.18. The molecule has 0 spiro atoms. The fourth-order valence-electron chi connectivity index (χ4n) is 0.302. The molecule has 9 heavy (non-hydrogen) atoms. The summed E-state index contributed by atoms with van der Waals surface area (Å²) < 4.78 is 5.11. The molecule has 0 aliphatic heterocycles. The standard InChI is InChI=1S/C6H16O2Si/c1-5-6-7-8-9(2,3)4/h5-6H2,1-4H3. The lowest BCUT2D eigenvalue weighted by molar-refractivity contribution is -0.217. The van der Waals surface area contributed by atoms with Crippen molar-refractivity contribution in [3.8, 4) is 0 Å². The van der Waals surface area contributed by atoms with Crippen LogP contribution in [0.1, 0.15) is 13.3 Å². The van der Waals surface area contributed by atoms with E-state index in [1.165, 1.54) is 0 Å². The molecule has 0 heterocycles. The third kappa shape index (κ3) is 8.14. The molecule has 0 bridgehead atoms. The lowest BCUT2D eigenvalue weighted by atomic mass is 10.5. The highest BCUT2D eigenvalue weighted by Crippen LogP contribution is 2.02. The van der Waals surface area contributed by atoms with Gasteiger partial charge in [0.1, 0.15) is 0 Å². The van der Waals surface area contributed by atoms with E-state index in [1.807, 2.05) is 0 Å². The highest BCUT2D eigenvalue weighted by molar-refractivity contribution is 6.69. The minimum absolute atomic E-state index is 0.713. The maximum Gasteiger partial charge on any atom is 0.230 e. The van der Waals surface area contributed by atoms with E-state index in [9.17, 15) is 0 Å². The topological polar surface area (TPSA) is 18.5 Å². The number of rotatable bonds is 4. The molecular formula is C6H16O2Si. The summed E-state index contributed by atoms with van der Waals surface area (Å²) in [7, 11) is -1.42. The Hall–Kier alpha value is 0.137. The molecule has 0 atom stereocenters. The third-order valence-electron chi connectivity index (χ3n) is 0.596. The van der Waals surface area contributed by atoms with Crippen LogP contribution in [0, 0.1) is 0 Å². The van der Waals surface area contributed by atoms with Crippen molar-refractivity contribution in [2.24, 2.45) is 0 Å². The van der Waals surface area contributed by atoms with E-state index in [2.05, 4.69) is 26.6 Å². The molecule has 0 saturated carbocycles. The van der Waals surface area contributed by atoms with Crippen LogP contribution >= 0.6 is 0 Å². The second-order valence-corrected chi connectivity index (χ2v) is 7.41. The molecule has 56 valence electrons. The summed E-state index contributed by atoms with van der Waals surface area (Å²) in [5.74, 6) is 0. The van der Waals surface area contributed by atoms with Crippen LogP contribution in [0.4, 0.5) is 0 Å². The van der Waals surface area contributed by atoms with E-state index in [0.29, 0.717) is 6.61 Å². The second kappa shape index (κ2) is 4.03. The van der Waals surface area contributed by atoms with Gasteiger partial charge in [-0.3, -0.25) is 4.58 Å². The van der Waals surface area contributed by atoms with Crippen molar-refractivity contribution in [1.82, 2.24) is 0 Å². The fraction of sp³-hybridized carbons (Fsp3) is 1.00. The fourth-order valence-corrected chi connectivity index (χ4v) is 0.739. The summed E-state index contributed by atoms with van der Waals surface area (Å²) in [5.41, 5.74) is 0. The Balaban J connectivity index is 3.07. The molecule has 0 fully saturated rings. The minimum atomic E-state index is -1.42. The van der Waals surface area contributed by atoms with Crippen molar-refractivity contribution in [2.75, 3.05) is 6.61 Å². The molecule has 0 aromatic heterocycles. The van der Waals surface area contributed by atoms with E-state index in [-0.39, 0.29) is 0 Å². The minimum Gasteiger partial charge on any atom is -0.287 e. The van der Waals surface area contributed by atoms with Crippen molar-refractivity contribution in [1.29, 1.82) is 0 Å². The van der Waals surface area contributed by atoms with Crippen LogP contribution in [0.3, 0.4) is 0 Å². The molecule has 0 aromatic carbocycles. The molecule has 0 amide bonds. The summed E-state index contributed by atoms with van der Waals surface area (Å²) in [6.45, 7) is 9.08. The smallest absolute Gasteiger partial charge is 0.230 e. The molecule has 0 saturated heterocycles. The van der Waals surface area contributed by atoms with Crippen LogP contribution in [0.25, 0.3) is 0 Å². The molecule has 0 N–H and O–H groups in total. The van der Waals surface area contributed by atoms with Crippen LogP contribution in [0.2, 0.25) is 19.6 Å². The second-order valence-electron chi connectivity index (χ2n) is 3.02. The van der Waals surface area contributed by atoms with Crippen molar-refractivity contribution in [2.45, 2.75) is 33.0 Å². The van der Waals surface area contributed by atoms with Gasteiger partial charge in [0.2, 0.25) is 8.32 Å². The predicted molar refractivity (Wildman–Crippen MR) is 40.7 cm³/mol. The van der Waals surface area contributed by atoms with Crippen molar-refractivity contribution >= 4 is 8.32 Å². The van der Waals surface area contributed by atoms with E-state index in [4.69, 9.17) is 9.46 Å². The zero-order valence-corrected chi connectivity index (χ0v) is 7.73. The number of hydrogen-bond donors (Lipinski definition) is 0. The molecular weight excluding hydrogens is 132 g/mol. The Morgan fingerprint density at radius 1 is 1.22 bits per heavy atom. The quantitative estimate of drug-likeness (QED) is 0.263. The zero-order valence-electron chi connectivity index (χ0n) is 6.73. The molecule has 0 aromatic rings. The molecule has 3 heteroatoms. The summed E-state index contributed by atoms with van der Waals surface area (Å²) >= 11 is 0. The van der Waals surface area contributed by atoms with Gasteiger partial charge in [-0.1, -0.05) is 6.92 Å². The van der Waals surface area contributed by atoms with Gasteiger partial charge < -0.3 is 0 Å². The Morgan fingerprint density at radius 2 is 1.78 bits per heavy atom. The van der Waals surface area contributed by atoms with E-state index in [0.717, 1.165) is 6.42 Å². The van der Waals surface area contributed by atoms with Gasteiger partial charge in [0.05, 0.1) is 6.61 Å². The average Bonchev–Trinajstić information content (AvgIpc) is 1.63. The summed E-state index contributed by atoms with van der Waals surface area (Å²) in [5, 5.41) is 0. The molecule has 0 aliphatic carbocycles. The van der Waals surface area contributed by atoms with Crippen LogP contribution in [-0.4, -0.2) is 14.9 Å². The first-order valence-corrected chi connectivity index (χ1v) is 6.77.